The van der Waals surface area contributed by atoms with Gasteiger partial charge in [0.05, 0.1) is 0 Å². The molecule has 0 rings (SSSR count). The molecule has 0 aliphatic carbocycles. The van der Waals surface area contributed by atoms with E-state index in [1.165, 1.54) is 77.0 Å². The Morgan fingerprint density at radius 1 is 0.714 bits per heavy atom. The maximum absolute atomic E-state index is 11.8. The molecule has 0 saturated heterocycles. The molecule has 0 aromatic heterocycles. The minimum Gasteiger partial charge on any atom is -0.396 e. The van der Waals surface area contributed by atoms with Crippen LogP contribution < -0.4 is 5.73 Å². The van der Waals surface area contributed by atoms with E-state index in [2.05, 4.69) is 20.8 Å². The zero-order chi connectivity index (χ0) is 21.0. The van der Waals surface area contributed by atoms with Crippen LogP contribution in [0.25, 0.3) is 0 Å². The van der Waals surface area contributed by atoms with Crippen LogP contribution in [0.3, 0.4) is 0 Å². The molecule has 168 valence electrons. The van der Waals surface area contributed by atoms with Gasteiger partial charge in [-0.2, -0.15) is 0 Å². The normalized spacial score (nSPS) is 13.8. The van der Waals surface area contributed by atoms with Crippen molar-refractivity contribution in [2.75, 3.05) is 6.61 Å². The summed E-state index contributed by atoms with van der Waals surface area (Å²) in [6.45, 7) is 6.86. The van der Waals surface area contributed by atoms with Gasteiger partial charge >= 0.3 is 0 Å². The number of carbonyl (C=O) groups is 1. The molecule has 0 saturated carbocycles. The minimum atomic E-state index is -0.223. The number of unbranched alkanes of at least 4 members (excludes halogenated alkanes) is 12. The highest BCUT2D eigenvalue weighted by atomic mass is 16.3. The molecule has 3 heteroatoms. The first-order valence-corrected chi connectivity index (χ1v) is 12.4. The molecule has 2 atom stereocenters. The van der Waals surface area contributed by atoms with E-state index in [0.717, 1.165) is 38.0 Å². The van der Waals surface area contributed by atoms with E-state index in [4.69, 9.17) is 5.73 Å². The summed E-state index contributed by atoms with van der Waals surface area (Å²) in [5.74, 6) is 0.554. The molecule has 0 aliphatic heterocycles. The number of carbonyl (C=O) groups excluding carboxylic acids is 1. The Morgan fingerprint density at radius 2 is 1.14 bits per heavy atom. The monoisotopic (exact) mass is 397 g/mol. The fourth-order valence-electron chi connectivity index (χ4n) is 4.18. The van der Waals surface area contributed by atoms with Crippen LogP contribution in [0.4, 0.5) is 0 Å². The topological polar surface area (TPSA) is 63.3 Å². The van der Waals surface area contributed by atoms with Crippen LogP contribution in [-0.4, -0.2) is 17.6 Å². The molecule has 0 heterocycles. The molecule has 3 nitrogen and oxygen atoms in total. The Labute approximate surface area is 176 Å². The fraction of sp³-hybridized carbons (Fsp3) is 0.960. The second-order valence-corrected chi connectivity index (χ2v) is 9.31. The average Bonchev–Trinajstić information content (AvgIpc) is 2.66. The lowest BCUT2D eigenvalue weighted by molar-refractivity contribution is -0.124. The molecule has 0 spiro atoms. The Bertz CT molecular complexity index is 343. The van der Waals surface area contributed by atoms with Gasteiger partial charge in [-0.1, -0.05) is 117 Å². The number of amides is 1. The Hall–Kier alpha value is -0.570. The van der Waals surface area contributed by atoms with Crippen molar-refractivity contribution >= 4 is 5.91 Å². The molecule has 0 aliphatic rings. The first-order valence-electron chi connectivity index (χ1n) is 12.4. The van der Waals surface area contributed by atoms with E-state index < -0.39 is 0 Å². The van der Waals surface area contributed by atoms with Crippen molar-refractivity contribution in [3.63, 3.8) is 0 Å². The van der Waals surface area contributed by atoms with Gasteiger partial charge in [-0.05, 0) is 24.7 Å². The summed E-state index contributed by atoms with van der Waals surface area (Å²) in [4.78, 5) is 11.8. The maximum Gasteiger partial charge on any atom is 0.220 e. The Balaban J connectivity index is 3.55. The van der Waals surface area contributed by atoms with Crippen molar-refractivity contribution in [2.24, 2.45) is 23.5 Å². The maximum atomic E-state index is 11.8. The molecule has 2 unspecified atom stereocenters. The quantitative estimate of drug-likeness (QED) is 0.205. The number of primary amides is 1. The number of hydrogen-bond donors (Lipinski definition) is 2. The van der Waals surface area contributed by atoms with Crippen LogP contribution in [0.5, 0.6) is 0 Å². The molecule has 0 fully saturated rings. The SMILES string of the molecule is CCCCC(CO)C(CCCCCCCCCCCCCCC(C)C)C(N)=O. The first kappa shape index (κ1) is 27.4. The second-order valence-electron chi connectivity index (χ2n) is 9.31. The summed E-state index contributed by atoms with van der Waals surface area (Å²) in [6, 6.07) is 0. The zero-order valence-corrected chi connectivity index (χ0v) is 19.4. The van der Waals surface area contributed by atoms with Crippen LogP contribution in [-0.2, 0) is 4.79 Å². The lowest BCUT2D eigenvalue weighted by Crippen LogP contribution is -2.32. The average molecular weight is 398 g/mol. The molecule has 0 aromatic carbocycles. The van der Waals surface area contributed by atoms with E-state index in [0.29, 0.717) is 0 Å². The smallest absolute Gasteiger partial charge is 0.220 e. The second kappa shape index (κ2) is 19.7. The van der Waals surface area contributed by atoms with E-state index in [-0.39, 0.29) is 24.3 Å². The molecular formula is C25H51NO2. The van der Waals surface area contributed by atoms with E-state index in [1.54, 1.807) is 0 Å². The number of hydrogen-bond acceptors (Lipinski definition) is 2. The Kier molecular flexibility index (Phi) is 19.3. The Morgan fingerprint density at radius 3 is 1.50 bits per heavy atom. The van der Waals surface area contributed by atoms with Crippen molar-refractivity contribution in [3.05, 3.63) is 0 Å². The number of nitrogens with two attached hydrogens (primary N) is 1. The third kappa shape index (κ3) is 16.4. The molecule has 0 aromatic rings. The van der Waals surface area contributed by atoms with Gasteiger partial charge in [0.2, 0.25) is 5.91 Å². The largest absolute Gasteiger partial charge is 0.396 e. The van der Waals surface area contributed by atoms with Gasteiger partial charge in [0.1, 0.15) is 0 Å². The molecule has 0 radical (unpaired) electrons. The van der Waals surface area contributed by atoms with Crippen molar-refractivity contribution in [2.45, 2.75) is 130 Å². The standard InChI is InChI=1S/C25H51NO2/c1-4-5-19-23(21-27)24(25(26)28)20-17-15-13-11-9-7-6-8-10-12-14-16-18-22(2)3/h22-24,27H,4-21H2,1-3H3,(H2,26,28). The fourth-order valence-corrected chi connectivity index (χ4v) is 4.18. The summed E-state index contributed by atoms with van der Waals surface area (Å²) in [7, 11) is 0. The molecule has 3 N–H and O–H groups in total. The van der Waals surface area contributed by atoms with Crippen LogP contribution >= 0.6 is 0 Å². The summed E-state index contributed by atoms with van der Waals surface area (Å²) in [5, 5.41) is 9.59. The minimum absolute atomic E-state index is 0.0582. The van der Waals surface area contributed by atoms with Gasteiger partial charge in [0.15, 0.2) is 0 Å². The predicted molar refractivity (Wildman–Crippen MR) is 122 cm³/mol. The van der Waals surface area contributed by atoms with Crippen molar-refractivity contribution in [1.82, 2.24) is 0 Å². The summed E-state index contributed by atoms with van der Waals surface area (Å²) in [6.07, 6.45) is 21.3. The van der Waals surface area contributed by atoms with Gasteiger partial charge < -0.3 is 10.8 Å². The third-order valence-electron chi connectivity index (χ3n) is 6.14. The van der Waals surface area contributed by atoms with Gasteiger partial charge in [0, 0.05) is 12.5 Å². The lowest BCUT2D eigenvalue weighted by Gasteiger charge is -2.22. The summed E-state index contributed by atoms with van der Waals surface area (Å²) >= 11 is 0. The van der Waals surface area contributed by atoms with E-state index >= 15 is 0 Å². The van der Waals surface area contributed by atoms with Crippen molar-refractivity contribution < 1.29 is 9.90 Å². The number of aliphatic hydroxyl groups is 1. The van der Waals surface area contributed by atoms with E-state index in [9.17, 15) is 9.90 Å². The molecule has 1 amide bonds. The lowest BCUT2D eigenvalue weighted by atomic mass is 9.84. The van der Waals surface area contributed by atoms with Crippen LogP contribution in [0, 0.1) is 17.8 Å². The van der Waals surface area contributed by atoms with Crippen molar-refractivity contribution in [3.8, 4) is 0 Å². The zero-order valence-electron chi connectivity index (χ0n) is 19.4. The van der Waals surface area contributed by atoms with Crippen LogP contribution in [0.15, 0.2) is 0 Å². The molecule has 0 bridgehead atoms. The molecular weight excluding hydrogens is 346 g/mol. The van der Waals surface area contributed by atoms with Gasteiger partial charge in [-0.15, -0.1) is 0 Å². The summed E-state index contributed by atoms with van der Waals surface area (Å²) < 4.78 is 0. The number of aliphatic hydroxyl groups excluding tert-OH is 1. The predicted octanol–water partition coefficient (Wildman–Crippen LogP) is 7.00. The first-order chi connectivity index (χ1) is 13.5. The van der Waals surface area contributed by atoms with Crippen molar-refractivity contribution in [1.29, 1.82) is 0 Å². The van der Waals surface area contributed by atoms with Gasteiger partial charge in [0.25, 0.3) is 0 Å². The third-order valence-corrected chi connectivity index (χ3v) is 6.14. The van der Waals surface area contributed by atoms with Gasteiger partial charge in [-0.3, -0.25) is 4.79 Å². The highest BCUT2D eigenvalue weighted by molar-refractivity contribution is 5.76. The number of rotatable bonds is 21. The highest BCUT2D eigenvalue weighted by Crippen LogP contribution is 2.24. The van der Waals surface area contributed by atoms with Crippen LogP contribution in [0.1, 0.15) is 130 Å². The molecule has 28 heavy (non-hydrogen) atoms. The van der Waals surface area contributed by atoms with Gasteiger partial charge in [-0.25, -0.2) is 0 Å². The highest BCUT2D eigenvalue weighted by Gasteiger charge is 2.24. The summed E-state index contributed by atoms with van der Waals surface area (Å²) in [5.41, 5.74) is 5.60. The van der Waals surface area contributed by atoms with Crippen LogP contribution in [0.2, 0.25) is 0 Å². The van der Waals surface area contributed by atoms with E-state index in [1.807, 2.05) is 0 Å².